The number of ether oxygens (including phenoxy) is 1. The van der Waals surface area contributed by atoms with E-state index in [4.69, 9.17) is 4.74 Å². The van der Waals surface area contributed by atoms with E-state index in [1.165, 1.54) is 6.26 Å². The van der Waals surface area contributed by atoms with Crippen LogP contribution in [0.25, 0.3) is 0 Å². The summed E-state index contributed by atoms with van der Waals surface area (Å²) in [6.07, 6.45) is 2.74. The maximum Gasteiger partial charge on any atom is 0.147 e. The zero-order chi connectivity index (χ0) is 13.5. The van der Waals surface area contributed by atoms with Crippen molar-refractivity contribution in [3.05, 3.63) is 0 Å². The fourth-order valence-electron chi connectivity index (χ4n) is 1.98. The standard InChI is InChI=1S/C12H27NO3S/c1-6-12(4,16-8-3)11(13-7-2)9-10-17(5,14)15/h11,13H,6-10H2,1-5H3. The van der Waals surface area contributed by atoms with Crippen molar-refractivity contribution >= 4 is 9.84 Å². The highest BCUT2D eigenvalue weighted by atomic mass is 32.2. The van der Waals surface area contributed by atoms with Gasteiger partial charge in [-0.15, -0.1) is 0 Å². The third-order valence-corrected chi connectivity index (χ3v) is 4.12. The summed E-state index contributed by atoms with van der Waals surface area (Å²) in [6.45, 7) is 9.57. The summed E-state index contributed by atoms with van der Waals surface area (Å²) in [7, 11) is -2.92. The molecule has 2 unspecified atom stereocenters. The summed E-state index contributed by atoms with van der Waals surface area (Å²) in [5.41, 5.74) is -0.296. The van der Waals surface area contributed by atoms with Crippen molar-refractivity contribution in [1.29, 1.82) is 0 Å². The smallest absolute Gasteiger partial charge is 0.147 e. The molecule has 0 heterocycles. The Bertz CT molecular complexity index is 303. The van der Waals surface area contributed by atoms with Gasteiger partial charge < -0.3 is 10.1 Å². The van der Waals surface area contributed by atoms with Crippen LogP contribution in [0.15, 0.2) is 0 Å². The van der Waals surface area contributed by atoms with Gasteiger partial charge in [-0.05, 0) is 33.2 Å². The molecule has 0 aliphatic carbocycles. The minimum absolute atomic E-state index is 0.0761. The molecule has 2 atom stereocenters. The Labute approximate surface area is 106 Å². The molecule has 0 amide bonds. The van der Waals surface area contributed by atoms with Crippen LogP contribution in [0.3, 0.4) is 0 Å². The first kappa shape index (κ1) is 16.9. The highest BCUT2D eigenvalue weighted by molar-refractivity contribution is 7.90. The van der Waals surface area contributed by atoms with Crippen molar-refractivity contribution in [2.24, 2.45) is 0 Å². The number of nitrogens with one attached hydrogen (secondary N) is 1. The van der Waals surface area contributed by atoms with Gasteiger partial charge in [0.1, 0.15) is 9.84 Å². The normalized spacial score (nSPS) is 17.7. The van der Waals surface area contributed by atoms with Gasteiger partial charge >= 0.3 is 0 Å². The lowest BCUT2D eigenvalue weighted by Crippen LogP contribution is -2.51. The first-order valence-electron chi connectivity index (χ1n) is 6.34. The molecule has 0 aliphatic heterocycles. The van der Waals surface area contributed by atoms with E-state index >= 15 is 0 Å². The van der Waals surface area contributed by atoms with Crippen LogP contribution in [0.1, 0.15) is 40.5 Å². The lowest BCUT2D eigenvalue weighted by atomic mass is 9.91. The molecule has 0 saturated heterocycles. The number of hydrogen-bond donors (Lipinski definition) is 1. The molecule has 4 nitrogen and oxygen atoms in total. The molecule has 0 spiro atoms. The van der Waals surface area contributed by atoms with Gasteiger partial charge in [-0.2, -0.15) is 0 Å². The van der Waals surface area contributed by atoms with Gasteiger partial charge in [-0.1, -0.05) is 13.8 Å². The van der Waals surface area contributed by atoms with Crippen molar-refractivity contribution in [1.82, 2.24) is 5.32 Å². The molecule has 0 fully saturated rings. The topological polar surface area (TPSA) is 55.4 Å². The number of rotatable bonds is 9. The molecule has 1 N–H and O–H groups in total. The minimum Gasteiger partial charge on any atom is -0.374 e. The SMILES string of the molecule is CCNC(CCS(C)(=O)=O)C(C)(CC)OCC. The number of hydrogen-bond acceptors (Lipinski definition) is 4. The quantitative estimate of drug-likeness (QED) is 0.688. The lowest BCUT2D eigenvalue weighted by Gasteiger charge is -2.37. The van der Waals surface area contributed by atoms with Crippen LogP contribution in [0.4, 0.5) is 0 Å². The Morgan fingerprint density at radius 2 is 1.88 bits per heavy atom. The first-order chi connectivity index (χ1) is 7.79. The average Bonchev–Trinajstić information content (AvgIpc) is 2.23. The van der Waals surface area contributed by atoms with Gasteiger partial charge in [-0.3, -0.25) is 0 Å². The molecule has 104 valence electrons. The van der Waals surface area contributed by atoms with E-state index < -0.39 is 9.84 Å². The second-order valence-electron chi connectivity index (χ2n) is 4.63. The van der Waals surface area contributed by atoms with Crippen molar-refractivity contribution < 1.29 is 13.2 Å². The summed E-state index contributed by atoms with van der Waals surface area (Å²) in [5.74, 6) is 0.202. The van der Waals surface area contributed by atoms with Crippen LogP contribution in [-0.2, 0) is 14.6 Å². The van der Waals surface area contributed by atoms with Crippen LogP contribution in [0.5, 0.6) is 0 Å². The van der Waals surface area contributed by atoms with E-state index in [1.807, 2.05) is 20.8 Å². The molecular formula is C12H27NO3S. The molecule has 0 bridgehead atoms. The van der Waals surface area contributed by atoms with E-state index in [-0.39, 0.29) is 17.4 Å². The third kappa shape index (κ3) is 6.38. The molecule has 0 aromatic rings. The van der Waals surface area contributed by atoms with Gasteiger partial charge in [0, 0.05) is 18.9 Å². The van der Waals surface area contributed by atoms with Crippen LogP contribution < -0.4 is 5.32 Å². The lowest BCUT2D eigenvalue weighted by molar-refractivity contribution is -0.0553. The van der Waals surface area contributed by atoms with Crippen molar-refractivity contribution in [2.75, 3.05) is 25.2 Å². The summed E-state index contributed by atoms with van der Waals surface area (Å²) in [6, 6.07) is 0.0761. The Kier molecular flexibility index (Phi) is 7.28. The summed E-state index contributed by atoms with van der Waals surface area (Å²) in [5, 5.41) is 3.34. The van der Waals surface area contributed by atoms with Crippen LogP contribution >= 0.6 is 0 Å². The van der Waals surface area contributed by atoms with Gasteiger partial charge in [0.15, 0.2) is 0 Å². The van der Waals surface area contributed by atoms with Gasteiger partial charge in [0.05, 0.1) is 11.4 Å². The maximum atomic E-state index is 11.2. The zero-order valence-corrected chi connectivity index (χ0v) is 12.6. The van der Waals surface area contributed by atoms with Crippen LogP contribution in [0, 0.1) is 0 Å². The van der Waals surface area contributed by atoms with Gasteiger partial charge in [0.2, 0.25) is 0 Å². The fraction of sp³-hybridized carbons (Fsp3) is 1.00. The van der Waals surface area contributed by atoms with E-state index in [2.05, 4.69) is 12.2 Å². The molecule has 0 aromatic heterocycles. The predicted octanol–water partition coefficient (Wildman–Crippen LogP) is 1.60. The summed E-state index contributed by atoms with van der Waals surface area (Å²) in [4.78, 5) is 0. The van der Waals surface area contributed by atoms with E-state index in [0.717, 1.165) is 13.0 Å². The monoisotopic (exact) mass is 265 g/mol. The van der Waals surface area contributed by atoms with Gasteiger partial charge in [0.25, 0.3) is 0 Å². The van der Waals surface area contributed by atoms with Crippen LogP contribution in [-0.4, -0.2) is 45.2 Å². The summed E-state index contributed by atoms with van der Waals surface area (Å²) < 4.78 is 28.3. The van der Waals surface area contributed by atoms with Crippen LogP contribution in [0.2, 0.25) is 0 Å². The molecule has 17 heavy (non-hydrogen) atoms. The van der Waals surface area contributed by atoms with Gasteiger partial charge in [-0.25, -0.2) is 8.42 Å². The number of likely N-dealkylation sites (N-methyl/N-ethyl adjacent to an activating group) is 1. The Balaban J connectivity index is 4.68. The highest BCUT2D eigenvalue weighted by Crippen LogP contribution is 2.23. The third-order valence-electron chi connectivity index (χ3n) is 3.14. The minimum atomic E-state index is -2.92. The largest absolute Gasteiger partial charge is 0.374 e. The van der Waals surface area contributed by atoms with E-state index in [0.29, 0.717) is 13.0 Å². The molecular weight excluding hydrogens is 238 g/mol. The maximum absolute atomic E-state index is 11.2. The second kappa shape index (κ2) is 7.34. The van der Waals surface area contributed by atoms with Crippen molar-refractivity contribution in [2.45, 2.75) is 52.2 Å². The Morgan fingerprint density at radius 3 is 2.24 bits per heavy atom. The zero-order valence-electron chi connectivity index (χ0n) is 11.7. The average molecular weight is 265 g/mol. The fourth-order valence-corrected chi connectivity index (χ4v) is 2.64. The Hall–Kier alpha value is -0.130. The van der Waals surface area contributed by atoms with Crippen molar-refractivity contribution in [3.8, 4) is 0 Å². The molecule has 0 radical (unpaired) electrons. The van der Waals surface area contributed by atoms with E-state index in [1.54, 1.807) is 0 Å². The van der Waals surface area contributed by atoms with Crippen molar-refractivity contribution in [3.63, 3.8) is 0 Å². The predicted molar refractivity (Wildman–Crippen MR) is 72.1 cm³/mol. The second-order valence-corrected chi connectivity index (χ2v) is 6.89. The van der Waals surface area contributed by atoms with E-state index in [9.17, 15) is 8.42 Å². The highest BCUT2D eigenvalue weighted by Gasteiger charge is 2.32. The summed E-state index contributed by atoms with van der Waals surface area (Å²) >= 11 is 0. The molecule has 0 aliphatic rings. The first-order valence-corrected chi connectivity index (χ1v) is 8.40. The molecule has 0 aromatic carbocycles. The molecule has 0 rings (SSSR count). The molecule has 5 heteroatoms. The Morgan fingerprint density at radius 1 is 1.29 bits per heavy atom. The number of sulfone groups is 1. The molecule has 0 saturated carbocycles.